The van der Waals surface area contributed by atoms with Crippen molar-refractivity contribution in [3.8, 4) is 0 Å². The number of aryl methyl sites for hydroxylation is 1. The molecule has 0 aliphatic rings. The van der Waals surface area contributed by atoms with Crippen LogP contribution in [0, 0.1) is 0 Å². The van der Waals surface area contributed by atoms with Crippen molar-refractivity contribution in [2.24, 2.45) is 12.1 Å². The second kappa shape index (κ2) is 10.1. The number of amides is 1. The fourth-order valence-electron chi connectivity index (χ4n) is 2.15. The maximum atomic E-state index is 11.9. The lowest BCUT2D eigenvalue weighted by molar-refractivity contribution is -0.671. The fraction of sp³-hybridized carbons (Fsp3) is 0.588. The van der Waals surface area contributed by atoms with Gasteiger partial charge in [-0.25, -0.2) is 9.99 Å². The van der Waals surface area contributed by atoms with Crippen molar-refractivity contribution in [3.63, 3.8) is 0 Å². The van der Waals surface area contributed by atoms with E-state index in [1.54, 1.807) is 12.3 Å². The summed E-state index contributed by atoms with van der Waals surface area (Å²) >= 11 is 0. The van der Waals surface area contributed by atoms with Gasteiger partial charge in [0.25, 0.3) is 5.91 Å². The molecule has 0 radical (unpaired) electrons. The number of hydrazone groups is 1. The van der Waals surface area contributed by atoms with Crippen LogP contribution in [0.5, 0.6) is 0 Å². The minimum Gasteiger partial charge on any atom is -0.267 e. The SMILES string of the molecule is CCCCCCCCC(C)=NNC(=O)c1ccc[n+](C)c1. The number of hydrogen-bond acceptors (Lipinski definition) is 2. The lowest BCUT2D eigenvalue weighted by atomic mass is 10.1. The van der Waals surface area contributed by atoms with Gasteiger partial charge in [0.15, 0.2) is 12.4 Å². The van der Waals surface area contributed by atoms with Gasteiger partial charge >= 0.3 is 0 Å². The summed E-state index contributed by atoms with van der Waals surface area (Å²) < 4.78 is 1.85. The number of nitrogens with zero attached hydrogens (tertiary/aromatic N) is 2. The van der Waals surface area contributed by atoms with Crippen molar-refractivity contribution < 1.29 is 9.36 Å². The van der Waals surface area contributed by atoms with E-state index in [-0.39, 0.29) is 5.91 Å². The molecule has 1 heterocycles. The summed E-state index contributed by atoms with van der Waals surface area (Å²) in [5, 5.41) is 4.17. The van der Waals surface area contributed by atoms with Crippen LogP contribution in [0.15, 0.2) is 29.6 Å². The number of pyridine rings is 1. The molecule has 0 atom stereocenters. The summed E-state index contributed by atoms with van der Waals surface area (Å²) in [6.07, 6.45) is 12.3. The second-order valence-corrected chi connectivity index (χ2v) is 5.56. The molecule has 0 bridgehead atoms. The molecule has 1 amide bonds. The molecule has 0 spiro atoms. The molecule has 0 aliphatic carbocycles. The molecule has 0 unspecified atom stereocenters. The Bertz CT molecular complexity index is 469. The lowest BCUT2D eigenvalue weighted by Gasteiger charge is -2.03. The quantitative estimate of drug-likeness (QED) is 0.322. The Morgan fingerprint density at radius 2 is 1.95 bits per heavy atom. The maximum Gasteiger partial charge on any atom is 0.277 e. The molecule has 21 heavy (non-hydrogen) atoms. The van der Waals surface area contributed by atoms with Crippen molar-refractivity contribution in [2.45, 2.75) is 58.8 Å². The Labute approximate surface area is 128 Å². The Hall–Kier alpha value is -1.71. The highest BCUT2D eigenvalue weighted by atomic mass is 16.2. The normalized spacial score (nSPS) is 11.5. The largest absolute Gasteiger partial charge is 0.277 e. The maximum absolute atomic E-state index is 11.9. The molecule has 0 aliphatic heterocycles. The first-order valence-corrected chi connectivity index (χ1v) is 7.92. The zero-order valence-corrected chi connectivity index (χ0v) is 13.6. The highest BCUT2D eigenvalue weighted by Gasteiger charge is 2.07. The smallest absolute Gasteiger partial charge is 0.267 e. The average Bonchev–Trinajstić information content (AvgIpc) is 2.48. The number of unbranched alkanes of at least 4 members (excludes halogenated alkanes) is 5. The van der Waals surface area contributed by atoms with E-state index in [4.69, 9.17) is 0 Å². The summed E-state index contributed by atoms with van der Waals surface area (Å²) in [5.41, 5.74) is 4.23. The molecule has 0 aromatic carbocycles. The third-order valence-corrected chi connectivity index (χ3v) is 3.44. The predicted molar refractivity (Wildman–Crippen MR) is 86.2 cm³/mol. The van der Waals surface area contributed by atoms with Gasteiger partial charge in [-0.15, -0.1) is 0 Å². The Balaban J connectivity index is 2.27. The van der Waals surface area contributed by atoms with Crippen molar-refractivity contribution in [2.75, 3.05) is 0 Å². The minimum absolute atomic E-state index is 0.159. The second-order valence-electron chi connectivity index (χ2n) is 5.56. The van der Waals surface area contributed by atoms with E-state index >= 15 is 0 Å². The molecular weight excluding hydrogens is 262 g/mol. The van der Waals surface area contributed by atoms with Crippen LogP contribution in [0.1, 0.15) is 69.2 Å². The van der Waals surface area contributed by atoms with Crippen LogP contribution in [0.25, 0.3) is 0 Å². The van der Waals surface area contributed by atoms with Gasteiger partial charge < -0.3 is 0 Å². The Morgan fingerprint density at radius 3 is 2.67 bits per heavy atom. The Morgan fingerprint density at radius 1 is 1.24 bits per heavy atom. The minimum atomic E-state index is -0.159. The zero-order valence-electron chi connectivity index (χ0n) is 13.6. The van der Waals surface area contributed by atoms with Gasteiger partial charge in [-0.05, 0) is 25.8 Å². The first kappa shape index (κ1) is 17.3. The van der Waals surface area contributed by atoms with E-state index in [2.05, 4.69) is 17.5 Å². The van der Waals surface area contributed by atoms with Crippen molar-refractivity contribution in [3.05, 3.63) is 30.1 Å². The highest BCUT2D eigenvalue weighted by Crippen LogP contribution is 2.07. The van der Waals surface area contributed by atoms with Crippen LogP contribution in [-0.2, 0) is 7.05 Å². The van der Waals surface area contributed by atoms with Crippen molar-refractivity contribution in [1.82, 2.24) is 5.43 Å². The van der Waals surface area contributed by atoms with E-state index in [0.29, 0.717) is 5.56 Å². The molecule has 1 aromatic heterocycles. The molecule has 116 valence electrons. The summed E-state index contributed by atoms with van der Waals surface area (Å²) in [4.78, 5) is 11.9. The summed E-state index contributed by atoms with van der Waals surface area (Å²) in [7, 11) is 1.89. The summed E-state index contributed by atoms with van der Waals surface area (Å²) in [5.74, 6) is -0.159. The number of aromatic nitrogens is 1. The van der Waals surface area contributed by atoms with E-state index in [1.807, 2.05) is 30.8 Å². The molecule has 0 saturated heterocycles. The number of carbonyl (C=O) groups excluding carboxylic acids is 1. The van der Waals surface area contributed by atoms with E-state index in [0.717, 1.165) is 18.6 Å². The average molecular weight is 290 g/mol. The number of rotatable bonds is 9. The summed E-state index contributed by atoms with van der Waals surface area (Å²) in [6, 6.07) is 3.63. The first-order valence-electron chi connectivity index (χ1n) is 7.92. The molecule has 0 saturated carbocycles. The van der Waals surface area contributed by atoms with Crippen LogP contribution >= 0.6 is 0 Å². The molecule has 1 aromatic rings. The highest BCUT2D eigenvalue weighted by molar-refractivity contribution is 5.94. The van der Waals surface area contributed by atoms with E-state index < -0.39 is 0 Å². The van der Waals surface area contributed by atoms with Gasteiger partial charge in [0.1, 0.15) is 12.6 Å². The zero-order chi connectivity index (χ0) is 15.5. The van der Waals surface area contributed by atoms with Crippen LogP contribution < -0.4 is 9.99 Å². The van der Waals surface area contributed by atoms with Gasteiger partial charge in [0.05, 0.1) is 0 Å². The Kier molecular flexibility index (Phi) is 8.32. The third-order valence-electron chi connectivity index (χ3n) is 3.44. The van der Waals surface area contributed by atoms with Gasteiger partial charge in [0, 0.05) is 11.8 Å². The van der Waals surface area contributed by atoms with Crippen molar-refractivity contribution >= 4 is 11.6 Å². The predicted octanol–water partition coefficient (Wildman–Crippen LogP) is 3.37. The van der Waals surface area contributed by atoms with Crippen LogP contribution in [0.4, 0.5) is 0 Å². The van der Waals surface area contributed by atoms with Crippen LogP contribution in [0.3, 0.4) is 0 Å². The number of hydrogen-bond donors (Lipinski definition) is 1. The monoisotopic (exact) mass is 290 g/mol. The van der Waals surface area contributed by atoms with Crippen LogP contribution in [0.2, 0.25) is 0 Å². The molecular formula is C17H28N3O+. The van der Waals surface area contributed by atoms with Gasteiger partial charge in [-0.3, -0.25) is 4.79 Å². The molecule has 1 N–H and O–H groups in total. The number of carbonyl (C=O) groups is 1. The van der Waals surface area contributed by atoms with Gasteiger partial charge in [-0.1, -0.05) is 39.0 Å². The molecule has 4 nitrogen and oxygen atoms in total. The number of nitrogens with one attached hydrogen (secondary N) is 1. The fourth-order valence-corrected chi connectivity index (χ4v) is 2.15. The van der Waals surface area contributed by atoms with Gasteiger partial charge in [0.2, 0.25) is 0 Å². The first-order chi connectivity index (χ1) is 10.1. The lowest BCUT2D eigenvalue weighted by Crippen LogP contribution is -2.30. The van der Waals surface area contributed by atoms with Crippen molar-refractivity contribution in [1.29, 1.82) is 0 Å². The molecule has 4 heteroatoms. The third kappa shape index (κ3) is 7.59. The van der Waals surface area contributed by atoms with E-state index in [1.165, 1.54) is 32.1 Å². The summed E-state index contributed by atoms with van der Waals surface area (Å²) in [6.45, 7) is 4.20. The van der Waals surface area contributed by atoms with Crippen LogP contribution in [-0.4, -0.2) is 11.6 Å². The topological polar surface area (TPSA) is 45.3 Å². The molecule has 1 rings (SSSR count). The van der Waals surface area contributed by atoms with Gasteiger partial charge in [-0.2, -0.15) is 5.10 Å². The standard InChI is InChI=1S/C17H27N3O/c1-4-5-6-7-8-9-11-15(2)18-19-17(21)16-12-10-13-20(3)14-16/h10,12-14H,4-9,11H2,1-3H3/p+1. The van der Waals surface area contributed by atoms with E-state index in [9.17, 15) is 4.79 Å². The molecule has 0 fully saturated rings.